The van der Waals surface area contributed by atoms with Crippen LogP contribution in [0.1, 0.15) is 57.2 Å². The maximum atomic E-state index is 13.6. The smallest absolute Gasteiger partial charge is 0.410 e. The van der Waals surface area contributed by atoms with Crippen LogP contribution < -0.4 is 0 Å². The number of carbonyl (C=O) groups is 2. The lowest BCUT2D eigenvalue weighted by Crippen LogP contribution is -2.48. The van der Waals surface area contributed by atoms with Gasteiger partial charge in [-0.05, 0) is 50.8 Å². The molecule has 43 heavy (non-hydrogen) atoms. The largest absolute Gasteiger partial charge is 0.466 e. The summed E-state index contributed by atoms with van der Waals surface area (Å²) in [6.07, 6.45) is 2.97. The van der Waals surface area contributed by atoms with Crippen LogP contribution in [0.25, 0.3) is 0 Å². The van der Waals surface area contributed by atoms with Crippen LogP contribution in [0.5, 0.6) is 0 Å². The fourth-order valence-corrected chi connectivity index (χ4v) is 4.52. The topological polar surface area (TPSA) is 74.3 Å². The number of carbonyl (C=O) groups excluding carboxylic acids is 2. The quantitative estimate of drug-likeness (QED) is 0.135. The van der Waals surface area contributed by atoms with Gasteiger partial charge in [-0.3, -0.25) is 4.90 Å². The number of benzene rings is 3. The Balaban J connectivity index is 1.90. The summed E-state index contributed by atoms with van der Waals surface area (Å²) < 4.78 is 23.6. The molecule has 0 aromatic heterocycles. The van der Waals surface area contributed by atoms with E-state index in [1.54, 1.807) is 11.0 Å². The number of ether oxygens (including phenoxy) is 4. The zero-order valence-corrected chi connectivity index (χ0v) is 26.0. The summed E-state index contributed by atoms with van der Waals surface area (Å²) in [5.41, 5.74) is 2.39. The second-order valence-corrected chi connectivity index (χ2v) is 11.5. The number of nitrogens with zero attached hydrogens (tertiary/aromatic N) is 1. The van der Waals surface area contributed by atoms with Gasteiger partial charge in [-0.25, -0.2) is 9.59 Å². The number of hydrogen-bond donors (Lipinski definition) is 0. The van der Waals surface area contributed by atoms with E-state index in [0.29, 0.717) is 32.6 Å². The number of methoxy groups -OCH3 is 1. The van der Waals surface area contributed by atoms with Gasteiger partial charge in [0.15, 0.2) is 0 Å². The van der Waals surface area contributed by atoms with Crippen LogP contribution in [0.4, 0.5) is 4.79 Å². The molecule has 7 nitrogen and oxygen atoms in total. The van der Waals surface area contributed by atoms with E-state index in [0.717, 1.165) is 16.7 Å². The van der Waals surface area contributed by atoms with E-state index in [1.165, 1.54) is 13.2 Å². The highest BCUT2D eigenvalue weighted by Crippen LogP contribution is 2.24. The summed E-state index contributed by atoms with van der Waals surface area (Å²) >= 11 is 0. The molecule has 0 unspecified atom stereocenters. The molecule has 1 amide bonds. The van der Waals surface area contributed by atoms with Crippen LogP contribution in [-0.2, 0) is 43.5 Å². The van der Waals surface area contributed by atoms with Gasteiger partial charge >= 0.3 is 12.1 Å². The third kappa shape index (κ3) is 12.4. The van der Waals surface area contributed by atoms with Crippen molar-refractivity contribution in [2.45, 2.75) is 84.1 Å². The molecule has 0 radical (unpaired) electrons. The molecule has 0 aliphatic carbocycles. The van der Waals surface area contributed by atoms with Crippen LogP contribution in [0.3, 0.4) is 0 Å². The fourth-order valence-electron chi connectivity index (χ4n) is 4.52. The molecule has 0 heterocycles. The van der Waals surface area contributed by atoms with Gasteiger partial charge in [-0.1, -0.05) is 97.1 Å². The predicted molar refractivity (Wildman–Crippen MR) is 168 cm³/mol. The molecular formula is C36H45NO6. The molecule has 0 bridgehead atoms. The van der Waals surface area contributed by atoms with Crippen molar-refractivity contribution in [2.75, 3.05) is 7.11 Å². The molecule has 0 aliphatic heterocycles. The fraction of sp³-hybridized carbons (Fsp3) is 0.389. The van der Waals surface area contributed by atoms with Gasteiger partial charge in [0.2, 0.25) is 0 Å². The van der Waals surface area contributed by atoms with Gasteiger partial charge in [-0.2, -0.15) is 0 Å². The maximum Gasteiger partial charge on any atom is 0.410 e. The minimum atomic E-state index is -0.661. The van der Waals surface area contributed by atoms with Crippen LogP contribution >= 0.6 is 0 Å². The molecule has 0 spiro atoms. The minimum Gasteiger partial charge on any atom is -0.466 e. The monoisotopic (exact) mass is 587 g/mol. The second-order valence-electron chi connectivity index (χ2n) is 11.5. The molecule has 0 fully saturated rings. The molecule has 0 saturated carbocycles. The number of esters is 1. The SMILES string of the molecule is COC(=O)/C=C/C[C@H](C[C@H](OCc1ccccc1)[C@H](C)N(Cc1ccccc1)C(=O)OC(C)(C)C)OCc1ccccc1. The second kappa shape index (κ2) is 17.2. The van der Waals surface area contributed by atoms with E-state index in [-0.39, 0.29) is 12.1 Å². The Kier molecular flexibility index (Phi) is 13.5. The van der Waals surface area contributed by atoms with Gasteiger partial charge in [0.25, 0.3) is 0 Å². The zero-order valence-electron chi connectivity index (χ0n) is 26.0. The van der Waals surface area contributed by atoms with Gasteiger partial charge in [0.05, 0.1) is 38.6 Å². The van der Waals surface area contributed by atoms with Crippen LogP contribution in [0, 0.1) is 0 Å². The van der Waals surface area contributed by atoms with Crippen molar-refractivity contribution >= 4 is 12.1 Å². The Morgan fingerprint density at radius 1 is 0.791 bits per heavy atom. The minimum absolute atomic E-state index is 0.304. The molecule has 3 aromatic carbocycles. The van der Waals surface area contributed by atoms with Gasteiger partial charge in [-0.15, -0.1) is 0 Å². The Morgan fingerprint density at radius 2 is 1.30 bits per heavy atom. The Hall–Kier alpha value is -3.94. The van der Waals surface area contributed by atoms with Crippen molar-refractivity contribution in [1.82, 2.24) is 4.90 Å². The third-order valence-corrected chi connectivity index (χ3v) is 6.84. The van der Waals surface area contributed by atoms with E-state index in [9.17, 15) is 9.59 Å². The number of amides is 1. The van der Waals surface area contributed by atoms with E-state index < -0.39 is 23.8 Å². The van der Waals surface area contributed by atoms with Crippen LogP contribution in [0.15, 0.2) is 103 Å². The molecule has 3 atom stereocenters. The molecule has 230 valence electrons. The molecule has 7 heteroatoms. The van der Waals surface area contributed by atoms with Crippen LogP contribution in [0.2, 0.25) is 0 Å². The summed E-state index contributed by atoms with van der Waals surface area (Å²) in [6, 6.07) is 29.4. The van der Waals surface area contributed by atoms with E-state index >= 15 is 0 Å². The lowest BCUT2D eigenvalue weighted by Gasteiger charge is -2.37. The third-order valence-electron chi connectivity index (χ3n) is 6.84. The normalized spacial score (nSPS) is 13.7. The lowest BCUT2D eigenvalue weighted by molar-refractivity contribution is -0.134. The summed E-state index contributed by atoms with van der Waals surface area (Å²) in [4.78, 5) is 27.1. The molecule has 3 rings (SSSR count). The Labute approximate surface area is 256 Å². The molecular weight excluding hydrogens is 542 g/mol. The van der Waals surface area contributed by atoms with Gasteiger partial charge in [0.1, 0.15) is 5.60 Å². The van der Waals surface area contributed by atoms with Crippen molar-refractivity contribution in [3.63, 3.8) is 0 Å². The van der Waals surface area contributed by atoms with Crippen molar-refractivity contribution in [1.29, 1.82) is 0 Å². The van der Waals surface area contributed by atoms with Crippen LogP contribution in [-0.4, -0.2) is 47.9 Å². The molecule has 0 saturated heterocycles. The summed E-state index contributed by atoms with van der Waals surface area (Å²) in [7, 11) is 1.35. The molecule has 0 N–H and O–H groups in total. The van der Waals surface area contributed by atoms with E-state index in [2.05, 4.69) is 0 Å². The predicted octanol–water partition coefficient (Wildman–Crippen LogP) is 7.49. The Bertz CT molecular complexity index is 1260. The number of rotatable bonds is 15. The van der Waals surface area contributed by atoms with Crippen molar-refractivity contribution in [2.24, 2.45) is 0 Å². The van der Waals surface area contributed by atoms with Gasteiger partial charge < -0.3 is 18.9 Å². The average molecular weight is 588 g/mol. The van der Waals surface area contributed by atoms with Crippen molar-refractivity contribution < 1.29 is 28.5 Å². The first-order valence-corrected chi connectivity index (χ1v) is 14.7. The summed E-state index contributed by atoms with van der Waals surface area (Å²) in [5.74, 6) is -0.425. The lowest BCUT2D eigenvalue weighted by atomic mass is 10.0. The first-order valence-electron chi connectivity index (χ1n) is 14.7. The maximum absolute atomic E-state index is 13.6. The molecule has 3 aromatic rings. The average Bonchev–Trinajstić information content (AvgIpc) is 3.00. The number of hydrogen-bond acceptors (Lipinski definition) is 6. The van der Waals surface area contributed by atoms with E-state index in [1.807, 2.05) is 119 Å². The zero-order chi connectivity index (χ0) is 31.1. The highest BCUT2D eigenvalue weighted by molar-refractivity contribution is 5.81. The highest BCUT2D eigenvalue weighted by Gasteiger charge is 2.33. The summed E-state index contributed by atoms with van der Waals surface area (Å²) in [6.45, 7) is 8.70. The van der Waals surface area contributed by atoms with Gasteiger partial charge in [0, 0.05) is 19.0 Å². The first-order chi connectivity index (χ1) is 20.6. The van der Waals surface area contributed by atoms with E-state index in [4.69, 9.17) is 18.9 Å². The standard InChI is InChI=1S/C36H45NO6/c1-28(37(35(39)43-36(2,3)4)25-29-16-9-6-10-17-29)33(42-27-31-20-13-8-14-21-31)24-32(22-15-23-34(38)40-5)41-26-30-18-11-7-12-19-30/h6-21,23,28,32-33H,22,24-27H2,1-5H3/b23-15+/t28-,32+,33-/m0/s1. The highest BCUT2D eigenvalue weighted by atomic mass is 16.6. The van der Waals surface area contributed by atoms with Crippen molar-refractivity contribution in [3.8, 4) is 0 Å². The Morgan fingerprint density at radius 3 is 1.81 bits per heavy atom. The molecule has 0 aliphatic rings. The van der Waals surface area contributed by atoms with Crippen molar-refractivity contribution in [3.05, 3.63) is 120 Å². The summed E-state index contributed by atoms with van der Waals surface area (Å²) in [5, 5.41) is 0. The first kappa shape index (κ1) is 33.6.